The second-order valence-electron chi connectivity index (χ2n) is 5.96. The van der Waals surface area contributed by atoms with Crippen molar-refractivity contribution in [3.63, 3.8) is 0 Å². The molecule has 0 aliphatic rings. The second-order valence-corrected chi connectivity index (χ2v) is 7.87. The average Bonchev–Trinajstić information content (AvgIpc) is 2.59. The molecule has 2 aromatic carbocycles. The highest BCUT2D eigenvalue weighted by molar-refractivity contribution is 7.92. The summed E-state index contributed by atoms with van der Waals surface area (Å²) in [4.78, 5) is 12.2. The van der Waals surface area contributed by atoms with Gasteiger partial charge in [-0.2, -0.15) is 0 Å². The number of amides is 1. The maximum Gasteiger partial charge on any atom is 0.241 e. The zero-order valence-corrected chi connectivity index (χ0v) is 16.0. The van der Waals surface area contributed by atoms with E-state index < -0.39 is 10.0 Å². The summed E-state index contributed by atoms with van der Waals surface area (Å²) in [6, 6.07) is 14.4. The van der Waals surface area contributed by atoms with E-state index in [-0.39, 0.29) is 12.5 Å². The summed E-state index contributed by atoms with van der Waals surface area (Å²) in [5.41, 5.74) is 2.51. The van der Waals surface area contributed by atoms with Crippen LogP contribution in [0.1, 0.15) is 18.1 Å². The lowest BCUT2D eigenvalue weighted by Gasteiger charge is -2.22. The van der Waals surface area contributed by atoms with Crippen LogP contribution in [0, 0.1) is 6.92 Å². The van der Waals surface area contributed by atoms with E-state index in [1.807, 2.05) is 38.1 Å². The Morgan fingerprint density at radius 3 is 2.23 bits per heavy atom. The van der Waals surface area contributed by atoms with Gasteiger partial charge in [0.1, 0.15) is 12.3 Å². The average molecular weight is 376 g/mol. The summed E-state index contributed by atoms with van der Waals surface area (Å²) < 4.78 is 30.6. The Bertz CT molecular complexity index is 831. The predicted octanol–water partition coefficient (Wildman–Crippen LogP) is 2.48. The molecule has 0 spiro atoms. The van der Waals surface area contributed by atoms with Gasteiger partial charge in [-0.3, -0.25) is 9.10 Å². The van der Waals surface area contributed by atoms with Gasteiger partial charge in [0.15, 0.2) is 0 Å². The Labute approximate surface area is 154 Å². The summed E-state index contributed by atoms with van der Waals surface area (Å²) in [5, 5.41) is 2.75. The third-order valence-electron chi connectivity index (χ3n) is 3.73. The van der Waals surface area contributed by atoms with Crippen LogP contribution >= 0.6 is 0 Å². The first-order valence-corrected chi connectivity index (χ1v) is 10.2. The largest absolute Gasteiger partial charge is 0.494 e. The molecule has 2 aromatic rings. The lowest BCUT2D eigenvalue weighted by atomic mass is 10.1. The molecule has 0 radical (unpaired) electrons. The number of hydrogen-bond acceptors (Lipinski definition) is 4. The quantitative estimate of drug-likeness (QED) is 0.768. The van der Waals surface area contributed by atoms with Crippen molar-refractivity contribution in [1.29, 1.82) is 0 Å². The van der Waals surface area contributed by atoms with E-state index in [9.17, 15) is 13.2 Å². The number of sulfonamides is 1. The first-order valence-electron chi connectivity index (χ1n) is 8.32. The smallest absolute Gasteiger partial charge is 0.241 e. The molecule has 6 nitrogen and oxygen atoms in total. The van der Waals surface area contributed by atoms with E-state index in [4.69, 9.17) is 4.74 Å². The van der Waals surface area contributed by atoms with E-state index in [2.05, 4.69) is 5.32 Å². The number of ether oxygens (including phenoxy) is 1. The Morgan fingerprint density at radius 2 is 1.69 bits per heavy atom. The molecule has 0 aromatic heterocycles. The van der Waals surface area contributed by atoms with Crippen molar-refractivity contribution >= 4 is 21.6 Å². The summed E-state index contributed by atoms with van der Waals surface area (Å²) in [7, 11) is -3.60. The minimum Gasteiger partial charge on any atom is -0.494 e. The molecule has 2 rings (SSSR count). The maximum absolute atomic E-state index is 12.2. The third-order valence-corrected chi connectivity index (χ3v) is 4.87. The molecule has 1 N–H and O–H groups in total. The lowest BCUT2D eigenvalue weighted by molar-refractivity contribution is -0.119. The van der Waals surface area contributed by atoms with Crippen LogP contribution < -0.4 is 14.4 Å². The van der Waals surface area contributed by atoms with E-state index in [1.54, 1.807) is 24.3 Å². The van der Waals surface area contributed by atoms with Gasteiger partial charge in [0.2, 0.25) is 15.9 Å². The van der Waals surface area contributed by atoms with Gasteiger partial charge in [0.05, 0.1) is 18.6 Å². The fourth-order valence-electron chi connectivity index (χ4n) is 2.37. The molecule has 0 saturated heterocycles. The van der Waals surface area contributed by atoms with Gasteiger partial charge >= 0.3 is 0 Å². The summed E-state index contributed by atoms with van der Waals surface area (Å²) in [5.74, 6) is 0.276. The fraction of sp³-hybridized carbons (Fsp3) is 0.316. The van der Waals surface area contributed by atoms with Crippen LogP contribution in [0.4, 0.5) is 5.69 Å². The molecule has 1 amide bonds. The summed E-state index contributed by atoms with van der Waals surface area (Å²) in [6.07, 6.45) is 1.08. The molecular formula is C19H24N2O4S. The Morgan fingerprint density at radius 1 is 1.08 bits per heavy atom. The standard InChI is InChI=1S/C19H24N2O4S/c1-4-25-18-11-9-17(10-12-18)21(26(3,23)24)14-19(22)20-13-16-7-5-15(2)6-8-16/h5-12H,4,13-14H2,1-3H3,(H,20,22). The van der Waals surface area contributed by atoms with E-state index >= 15 is 0 Å². The molecule has 0 bridgehead atoms. The number of nitrogens with zero attached hydrogens (tertiary/aromatic N) is 1. The number of carbonyl (C=O) groups excluding carboxylic acids is 1. The van der Waals surface area contributed by atoms with Crippen molar-refractivity contribution in [2.45, 2.75) is 20.4 Å². The minimum atomic E-state index is -3.60. The molecule has 0 aliphatic heterocycles. The summed E-state index contributed by atoms with van der Waals surface area (Å²) in [6.45, 7) is 4.45. The van der Waals surface area contributed by atoms with Crippen LogP contribution in [-0.4, -0.2) is 33.7 Å². The van der Waals surface area contributed by atoms with Crippen LogP contribution in [0.15, 0.2) is 48.5 Å². The monoisotopic (exact) mass is 376 g/mol. The topological polar surface area (TPSA) is 75.7 Å². The fourth-order valence-corrected chi connectivity index (χ4v) is 3.22. The number of aryl methyl sites for hydroxylation is 1. The predicted molar refractivity (Wildman–Crippen MR) is 103 cm³/mol. The van der Waals surface area contributed by atoms with Gasteiger partial charge in [-0.05, 0) is 43.7 Å². The zero-order chi connectivity index (χ0) is 19.2. The second kappa shape index (κ2) is 8.71. The number of rotatable bonds is 8. The molecule has 0 aliphatic carbocycles. The minimum absolute atomic E-state index is 0.279. The van der Waals surface area contributed by atoms with Crippen LogP contribution in [0.3, 0.4) is 0 Å². The molecule has 0 saturated carbocycles. The van der Waals surface area contributed by atoms with Gasteiger partial charge in [-0.1, -0.05) is 29.8 Å². The Balaban J connectivity index is 2.05. The van der Waals surface area contributed by atoms with Crippen molar-refractivity contribution in [3.8, 4) is 5.75 Å². The van der Waals surface area contributed by atoms with Gasteiger partial charge in [0, 0.05) is 6.54 Å². The normalized spacial score (nSPS) is 11.0. The van der Waals surface area contributed by atoms with Crippen molar-refractivity contribution in [3.05, 3.63) is 59.7 Å². The van der Waals surface area contributed by atoms with Crippen molar-refractivity contribution in [2.75, 3.05) is 23.7 Å². The summed E-state index contributed by atoms with van der Waals surface area (Å²) >= 11 is 0. The molecule has 0 atom stereocenters. The highest BCUT2D eigenvalue weighted by atomic mass is 32.2. The lowest BCUT2D eigenvalue weighted by Crippen LogP contribution is -2.40. The van der Waals surface area contributed by atoms with Gasteiger partial charge in [-0.25, -0.2) is 8.42 Å². The number of benzene rings is 2. The van der Waals surface area contributed by atoms with E-state index in [1.165, 1.54) is 0 Å². The molecule has 26 heavy (non-hydrogen) atoms. The number of hydrogen-bond donors (Lipinski definition) is 1. The number of nitrogens with one attached hydrogen (secondary N) is 1. The third kappa shape index (κ3) is 5.77. The van der Waals surface area contributed by atoms with Crippen molar-refractivity contribution in [1.82, 2.24) is 5.32 Å². The SMILES string of the molecule is CCOc1ccc(N(CC(=O)NCc2ccc(C)cc2)S(C)(=O)=O)cc1. The van der Waals surface area contributed by atoms with Crippen LogP contribution in [0.25, 0.3) is 0 Å². The molecule has 140 valence electrons. The number of carbonyl (C=O) groups is 1. The molecule has 0 fully saturated rings. The van der Waals surface area contributed by atoms with Crippen LogP contribution in [0.2, 0.25) is 0 Å². The highest BCUT2D eigenvalue weighted by Gasteiger charge is 2.20. The van der Waals surface area contributed by atoms with Crippen LogP contribution in [-0.2, 0) is 21.4 Å². The van der Waals surface area contributed by atoms with E-state index in [0.29, 0.717) is 24.6 Å². The zero-order valence-electron chi connectivity index (χ0n) is 15.2. The van der Waals surface area contributed by atoms with Gasteiger partial charge < -0.3 is 10.1 Å². The Hall–Kier alpha value is -2.54. The maximum atomic E-state index is 12.2. The first kappa shape index (κ1) is 19.8. The molecule has 0 heterocycles. The van der Waals surface area contributed by atoms with Gasteiger partial charge in [-0.15, -0.1) is 0 Å². The molecular weight excluding hydrogens is 352 g/mol. The molecule has 7 heteroatoms. The van der Waals surface area contributed by atoms with Crippen molar-refractivity contribution < 1.29 is 17.9 Å². The number of anilines is 1. The first-order chi connectivity index (χ1) is 12.3. The van der Waals surface area contributed by atoms with Crippen LogP contribution in [0.5, 0.6) is 5.75 Å². The van der Waals surface area contributed by atoms with Gasteiger partial charge in [0.25, 0.3) is 0 Å². The Kier molecular flexibility index (Phi) is 6.63. The molecule has 0 unspecified atom stereocenters. The highest BCUT2D eigenvalue weighted by Crippen LogP contribution is 2.21. The van der Waals surface area contributed by atoms with E-state index in [0.717, 1.165) is 21.7 Å². The van der Waals surface area contributed by atoms with Crippen molar-refractivity contribution in [2.24, 2.45) is 0 Å².